The van der Waals surface area contributed by atoms with Crippen LogP contribution in [-0.4, -0.2) is 37.6 Å². The van der Waals surface area contributed by atoms with E-state index in [0.717, 1.165) is 18.7 Å². The Balaban J connectivity index is 2.12. The lowest BCUT2D eigenvalue weighted by Crippen LogP contribution is -2.32. The number of hydrogen-bond acceptors (Lipinski definition) is 3. The summed E-state index contributed by atoms with van der Waals surface area (Å²) in [6, 6.07) is 7.62. The van der Waals surface area contributed by atoms with Gasteiger partial charge in [-0.15, -0.1) is 0 Å². The van der Waals surface area contributed by atoms with Crippen LogP contribution in [0.15, 0.2) is 24.3 Å². The number of benzene rings is 1. The van der Waals surface area contributed by atoms with Crippen molar-refractivity contribution in [2.24, 2.45) is 0 Å². The standard InChI is InChI=1S/C14H22N2OS/c1-12-4-6-13(7-5-12)14(17)16-10-9-15-8-3-11-18-2/h4-7,15H,3,8-11H2,1-2H3,(H,16,17). The molecule has 1 rings (SSSR count). The van der Waals surface area contributed by atoms with E-state index in [1.165, 1.54) is 17.7 Å². The van der Waals surface area contributed by atoms with Crippen LogP contribution in [0.25, 0.3) is 0 Å². The van der Waals surface area contributed by atoms with Crippen LogP contribution in [0.3, 0.4) is 0 Å². The van der Waals surface area contributed by atoms with Crippen LogP contribution in [-0.2, 0) is 0 Å². The second-order valence-electron chi connectivity index (χ2n) is 4.22. The average Bonchev–Trinajstić information content (AvgIpc) is 2.38. The number of amides is 1. The van der Waals surface area contributed by atoms with Crippen molar-refractivity contribution in [1.82, 2.24) is 10.6 Å². The van der Waals surface area contributed by atoms with Gasteiger partial charge < -0.3 is 10.6 Å². The largest absolute Gasteiger partial charge is 0.351 e. The molecule has 0 heterocycles. The highest BCUT2D eigenvalue weighted by atomic mass is 32.2. The van der Waals surface area contributed by atoms with E-state index in [4.69, 9.17) is 0 Å². The number of nitrogens with one attached hydrogen (secondary N) is 2. The van der Waals surface area contributed by atoms with Crippen molar-refractivity contribution in [3.8, 4) is 0 Å². The molecule has 18 heavy (non-hydrogen) atoms. The summed E-state index contributed by atoms with van der Waals surface area (Å²) in [4.78, 5) is 11.7. The number of carbonyl (C=O) groups is 1. The van der Waals surface area contributed by atoms with Gasteiger partial charge in [-0.3, -0.25) is 4.79 Å². The normalized spacial score (nSPS) is 10.3. The molecule has 1 aromatic carbocycles. The van der Waals surface area contributed by atoms with Crippen LogP contribution < -0.4 is 10.6 Å². The number of aryl methyl sites for hydroxylation is 1. The van der Waals surface area contributed by atoms with E-state index in [1.807, 2.05) is 43.0 Å². The highest BCUT2D eigenvalue weighted by Gasteiger charge is 2.02. The van der Waals surface area contributed by atoms with Crippen LogP contribution >= 0.6 is 11.8 Å². The van der Waals surface area contributed by atoms with Gasteiger partial charge in [-0.25, -0.2) is 0 Å². The Bertz CT molecular complexity index is 351. The number of carbonyl (C=O) groups excluding carboxylic acids is 1. The predicted molar refractivity (Wildman–Crippen MR) is 79.4 cm³/mol. The predicted octanol–water partition coefficient (Wildman–Crippen LogP) is 2.07. The third kappa shape index (κ3) is 6.07. The maximum atomic E-state index is 11.7. The Morgan fingerprint density at radius 3 is 2.56 bits per heavy atom. The van der Waals surface area contributed by atoms with E-state index < -0.39 is 0 Å². The van der Waals surface area contributed by atoms with Gasteiger partial charge in [0.15, 0.2) is 0 Å². The first-order chi connectivity index (χ1) is 8.74. The molecule has 0 saturated heterocycles. The first-order valence-corrected chi connectivity index (χ1v) is 7.68. The summed E-state index contributed by atoms with van der Waals surface area (Å²) < 4.78 is 0. The summed E-state index contributed by atoms with van der Waals surface area (Å²) in [6.07, 6.45) is 3.29. The number of thioether (sulfide) groups is 1. The molecule has 100 valence electrons. The van der Waals surface area contributed by atoms with Gasteiger partial charge in [-0.2, -0.15) is 11.8 Å². The quantitative estimate of drug-likeness (QED) is 0.708. The number of rotatable bonds is 8. The molecular weight excluding hydrogens is 244 g/mol. The third-order valence-corrected chi connectivity index (χ3v) is 3.30. The van der Waals surface area contributed by atoms with E-state index in [9.17, 15) is 4.79 Å². The van der Waals surface area contributed by atoms with Crippen LogP contribution in [0.4, 0.5) is 0 Å². The molecule has 0 fully saturated rings. The van der Waals surface area contributed by atoms with E-state index in [1.54, 1.807) is 0 Å². The molecule has 0 unspecified atom stereocenters. The zero-order valence-electron chi connectivity index (χ0n) is 11.2. The highest BCUT2D eigenvalue weighted by molar-refractivity contribution is 7.98. The monoisotopic (exact) mass is 266 g/mol. The van der Waals surface area contributed by atoms with Crippen LogP contribution in [0.2, 0.25) is 0 Å². The Kier molecular flexibility index (Phi) is 7.53. The molecule has 2 N–H and O–H groups in total. The summed E-state index contributed by atoms with van der Waals surface area (Å²) in [5.74, 6) is 1.18. The fourth-order valence-corrected chi connectivity index (χ4v) is 1.97. The van der Waals surface area contributed by atoms with Crippen LogP contribution in [0.1, 0.15) is 22.3 Å². The Morgan fingerprint density at radius 2 is 1.89 bits per heavy atom. The summed E-state index contributed by atoms with van der Waals surface area (Å²) >= 11 is 1.86. The summed E-state index contributed by atoms with van der Waals surface area (Å²) in [6.45, 7) is 4.53. The van der Waals surface area contributed by atoms with Crippen molar-refractivity contribution in [1.29, 1.82) is 0 Å². The first-order valence-electron chi connectivity index (χ1n) is 6.28. The topological polar surface area (TPSA) is 41.1 Å². The van der Waals surface area contributed by atoms with Gasteiger partial charge in [-0.05, 0) is 44.0 Å². The molecule has 0 aliphatic carbocycles. The molecule has 0 atom stereocenters. The van der Waals surface area contributed by atoms with Crippen molar-refractivity contribution in [3.63, 3.8) is 0 Å². The minimum absolute atomic E-state index is 0.000846. The Labute approximate surface area is 114 Å². The van der Waals surface area contributed by atoms with Gasteiger partial charge >= 0.3 is 0 Å². The molecule has 1 amide bonds. The molecule has 0 radical (unpaired) electrons. The lowest BCUT2D eigenvalue weighted by atomic mass is 10.1. The van der Waals surface area contributed by atoms with Crippen LogP contribution in [0.5, 0.6) is 0 Å². The summed E-state index contributed by atoms with van der Waals surface area (Å²) in [5.41, 5.74) is 1.89. The van der Waals surface area contributed by atoms with Crippen molar-refractivity contribution in [3.05, 3.63) is 35.4 Å². The van der Waals surface area contributed by atoms with Gasteiger partial charge in [0.25, 0.3) is 5.91 Å². The maximum absolute atomic E-state index is 11.7. The zero-order chi connectivity index (χ0) is 13.2. The molecule has 3 nitrogen and oxygen atoms in total. The first kappa shape index (κ1) is 15.1. The lowest BCUT2D eigenvalue weighted by molar-refractivity contribution is 0.0954. The molecule has 0 saturated carbocycles. The summed E-state index contributed by atoms with van der Waals surface area (Å²) in [7, 11) is 0. The van der Waals surface area contributed by atoms with E-state index in [-0.39, 0.29) is 5.91 Å². The highest BCUT2D eigenvalue weighted by Crippen LogP contribution is 2.02. The maximum Gasteiger partial charge on any atom is 0.251 e. The van der Waals surface area contributed by atoms with Crippen molar-refractivity contribution < 1.29 is 4.79 Å². The molecule has 0 aliphatic rings. The average molecular weight is 266 g/mol. The Morgan fingerprint density at radius 1 is 1.17 bits per heavy atom. The fraction of sp³-hybridized carbons (Fsp3) is 0.500. The van der Waals surface area contributed by atoms with Crippen molar-refractivity contribution in [2.45, 2.75) is 13.3 Å². The Hall–Kier alpha value is -1.00. The van der Waals surface area contributed by atoms with Gasteiger partial charge in [0, 0.05) is 18.7 Å². The SMILES string of the molecule is CSCCCNCCNC(=O)c1ccc(C)cc1. The van der Waals surface area contributed by atoms with Gasteiger partial charge in [0.05, 0.1) is 0 Å². The fourth-order valence-electron chi connectivity index (χ4n) is 1.54. The van der Waals surface area contributed by atoms with E-state index in [2.05, 4.69) is 16.9 Å². The van der Waals surface area contributed by atoms with E-state index >= 15 is 0 Å². The minimum Gasteiger partial charge on any atom is -0.351 e. The smallest absolute Gasteiger partial charge is 0.251 e. The van der Waals surface area contributed by atoms with Crippen molar-refractivity contribution in [2.75, 3.05) is 31.6 Å². The second-order valence-corrected chi connectivity index (χ2v) is 5.20. The molecule has 0 aromatic heterocycles. The van der Waals surface area contributed by atoms with Gasteiger partial charge in [-0.1, -0.05) is 17.7 Å². The van der Waals surface area contributed by atoms with Gasteiger partial charge in [0.2, 0.25) is 0 Å². The molecule has 0 bridgehead atoms. The third-order valence-electron chi connectivity index (χ3n) is 2.60. The minimum atomic E-state index is 0.000846. The molecule has 1 aromatic rings. The molecular formula is C14H22N2OS. The zero-order valence-corrected chi connectivity index (χ0v) is 12.0. The molecule has 0 spiro atoms. The molecule has 0 aliphatic heterocycles. The molecule has 4 heteroatoms. The van der Waals surface area contributed by atoms with Crippen LogP contribution in [0, 0.1) is 6.92 Å². The van der Waals surface area contributed by atoms with Crippen molar-refractivity contribution >= 4 is 17.7 Å². The number of hydrogen-bond donors (Lipinski definition) is 2. The second kappa shape index (κ2) is 9.00. The summed E-state index contributed by atoms with van der Waals surface area (Å²) in [5, 5.41) is 6.21. The van der Waals surface area contributed by atoms with E-state index in [0.29, 0.717) is 6.54 Å². The van der Waals surface area contributed by atoms with Gasteiger partial charge in [0.1, 0.15) is 0 Å². The lowest BCUT2D eigenvalue weighted by Gasteiger charge is -2.06.